The summed E-state index contributed by atoms with van der Waals surface area (Å²) in [5.74, 6) is 1.36. The van der Waals surface area contributed by atoms with E-state index in [4.69, 9.17) is 5.73 Å². The molecule has 0 radical (unpaired) electrons. The number of nitrogens with one attached hydrogen (secondary N) is 1. The van der Waals surface area contributed by atoms with Gasteiger partial charge in [-0.25, -0.2) is 4.98 Å². The number of carbonyl (C=O) groups excluding carboxylic acids is 1. The molecule has 3 N–H and O–H groups in total. The smallest absolute Gasteiger partial charge is 0.270 e. The van der Waals surface area contributed by atoms with Gasteiger partial charge < -0.3 is 11.1 Å². The summed E-state index contributed by atoms with van der Waals surface area (Å²) >= 11 is 1.45. The molecule has 2 rings (SSSR count). The summed E-state index contributed by atoms with van der Waals surface area (Å²) in [6.45, 7) is 8.16. The fraction of sp³-hybridized carbons (Fsp3) is 0.750. The van der Waals surface area contributed by atoms with Crippen molar-refractivity contribution in [1.29, 1.82) is 0 Å². The fourth-order valence-electron chi connectivity index (χ4n) is 3.07. The van der Waals surface area contributed by atoms with Crippen molar-refractivity contribution < 1.29 is 4.79 Å². The van der Waals surface area contributed by atoms with E-state index in [1.54, 1.807) is 5.38 Å². The highest BCUT2D eigenvalue weighted by Gasteiger charge is 2.29. The molecule has 0 unspecified atom stereocenters. The average molecular weight is 309 g/mol. The van der Waals surface area contributed by atoms with Crippen molar-refractivity contribution in [2.24, 2.45) is 23.0 Å². The zero-order valence-corrected chi connectivity index (χ0v) is 14.1. The van der Waals surface area contributed by atoms with Crippen LogP contribution in [-0.2, 0) is 6.54 Å². The van der Waals surface area contributed by atoms with Crippen molar-refractivity contribution in [3.63, 3.8) is 0 Å². The van der Waals surface area contributed by atoms with Crippen LogP contribution in [0.2, 0.25) is 0 Å². The molecule has 1 aliphatic carbocycles. The van der Waals surface area contributed by atoms with E-state index in [1.807, 2.05) is 0 Å². The van der Waals surface area contributed by atoms with Crippen LogP contribution in [0.3, 0.4) is 0 Å². The summed E-state index contributed by atoms with van der Waals surface area (Å²) in [7, 11) is 0. The molecular formula is C16H27N3OS. The molecule has 1 saturated carbocycles. The molecule has 5 heteroatoms. The van der Waals surface area contributed by atoms with Crippen LogP contribution in [0, 0.1) is 17.3 Å². The lowest BCUT2D eigenvalue weighted by molar-refractivity contribution is 0.0927. The Labute approximate surface area is 131 Å². The number of aromatic nitrogens is 1. The van der Waals surface area contributed by atoms with Crippen molar-refractivity contribution in [2.75, 3.05) is 6.54 Å². The molecule has 0 bridgehead atoms. The molecule has 118 valence electrons. The summed E-state index contributed by atoms with van der Waals surface area (Å²) in [4.78, 5) is 16.3. The number of thiazole rings is 1. The van der Waals surface area contributed by atoms with E-state index >= 15 is 0 Å². The Balaban J connectivity index is 1.76. The topological polar surface area (TPSA) is 68.0 Å². The minimum atomic E-state index is -0.0658. The standard InChI is InChI=1S/C16H27N3OS/c1-16(2,3)12-6-4-11(5-7-12)9-18-15(20)13-10-21-14(8-17)19-13/h10-12H,4-9,17H2,1-3H3,(H,18,20). The van der Waals surface area contributed by atoms with Gasteiger partial charge in [-0.1, -0.05) is 20.8 Å². The third-order valence-electron chi connectivity index (χ3n) is 4.58. The molecule has 0 aliphatic heterocycles. The van der Waals surface area contributed by atoms with Crippen LogP contribution in [-0.4, -0.2) is 17.4 Å². The van der Waals surface area contributed by atoms with E-state index in [0.717, 1.165) is 17.5 Å². The number of amides is 1. The van der Waals surface area contributed by atoms with E-state index < -0.39 is 0 Å². The molecule has 0 spiro atoms. The van der Waals surface area contributed by atoms with Gasteiger partial charge in [0.05, 0.1) is 0 Å². The molecular weight excluding hydrogens is 282 g/mol. The Bertz CT molecular complexity index is 470. The van der Waals surface area contributed by atoms with Gasteiger partial charge in [0.15, 0.2) is 0 Å². The molecule has 21 heavy (non-hydrogen) atoms. The van der Waals surface area contributed by atoms with Gasteiger partial charge in [0.25, 0.3) is 5.91 Å². The SMILES string of the molecule is CC(C)(C)C1CCC(CNC(=O)c2csc(CN)n2)CC1. The summed E-state index contributed by atoms with van der Waals surface area (Å²) in [6.07, 6.45) is 4.98. The fourth-order valence-corrected chi connectivity index (χ4v) is 3.72. The van der Waals surface area contributed by atoms with Gasteiger partial charge in [-0.05, 0) is 42.9 Å². The van der Waals surface area contributed by atoms with Gasteiger partial charge in [0, 0.05) is 18.5 Å². The summed E-state index contributed by atoms with van der Waals surface area (Å²) in [5, 5.41) is 5.62. The summed E-state index contributed by atoms with van der Waals surface area (Å²) < 4.78 is 0. The Morgan fingerprint density at radius 3 is 2.57 bits per heavy atom. The van der Waals surface area contributed by atoms with E-state index in [2.05, 4.69) is 31.1 Å². The lowest BCUT2D eigenvalue weighted by Crippen LogP contribution is -2.33. The molecule has 1 aromatic heterocycles. The van der Waals surface area contributed by atoms with E-state index in [9.17, 15) is 4.79 Å². The molecule has 1 fully saturated rings. The van der Waals surface area contributed by atoms with E-state index in [-0.39, 0.29) is 5.91 Å². The number of nitrogens with two attached hydrogens (primary N) is 1. The average Bonchev–Trinajstić information content (AvgIpc) is 2.93. The maximum Gasteiger partial charge on any atom is 0.270 e. The number of carbonyl (C=O) groups is 1. The Hall–Kier alpha value is -0.940. The third kappa shape index (κ3) is 4.51. The number of hydrogen-bond acceptors (Lipinski definition) is 4. The first-order valence-electron chi connectivity index (χ1n) is 7.83. The first kappa shape index (κ1) is 16.4. The normalized spacial score (nSPS) is 23.0. The predicted octanol–water partition coefficient (Wildman–Crippen LogP) is 3.18. The van der Waals surface area contributed by atoms with Gasteiger partial charge in [0.2, 0.25) is 0 Å². The second kappa shape index (κ2) is 6.88. The lowest BCUT2D eigenvalue weighted by Gasteiger charge is -2.37. The molecule has 4 nitrogen and oxygen atoms in total. The highest BCUT2D eigenvalue weighted by atomic mass is 32.1. The lowest BCUT2D eigenvalue weighted by atomic mass is 9.70. The molecule has 0 saturated heterocycles. The Morgan fingerprint density at radius 2 is 2.05 bits per heavy atom. The van der Waals surface area contributed by atoms with Crippen LogP contribution in [0.4, 0.5) is 0 Å². The highest BCUT2D eigenvalue weighted by Crippen LogP contribution is 2.39. The van der Waals surface area contributed by atoms with Crippen LogP contribution in [0.1, 0.15) is 62.0 Å². The van der Waals surface area contributed by atoms with Crippen LogP contribution in [0.5, 0.6) is 0 Å². The van der Waals surface area contributed by atoms with Gasteiger partial charge >= 0.3 is 0 Å². The van der Waals surface area contributed by atoms with Crippen LogP contribution >= 0.6 is 11.3 Å². The van der Waals surface area contributed by atoms with E-state index in [0.29, 0.717) is 23.6 Å². The summed E-state index contributed by atoms with van der Waals surface area (Å²) in [5.41, 5.74) is 6.43. The van der Waals surface area contributed by atoms with Crippen molar-refractivity contribution in [1.82, 2.24) is 10.3 Å². The van der Waals surface area contributed by atoms with Crippen molar-refractivity contribution in [3.8, 4) is 0 Å². The maximum atomic E-state index is 12.0. The van der Waals surface area contributed by atoms with Gasteiger partial charge in [-0.15, -0.1) is 11.3 Å². The van der Waals surface area contributed by atoms with Crippen LogP contribution < -0.4 is 11.1 Å². The molecule has 1 amide bonds. The zero-order chi connectivity index (χ0) is 15.5. The maximum absolute atomic E-state index is 12.0. The van der Waals surface area contributed by atoms with Crippen LogP contribution in [0.25, 0.3) is 0 Å². The molecule has 1 aliphatic rings. The van der Waals surface area contributed by atoms with Crippen molar-refractivity contribution >= 4 is 17.2 Å². The first-order valence-corrected chi connectivity index (χ1v) is 8.70. The Morgan fingerprint density at radius 1 is 1.38 bits per heavy atom. The second-order valence-electron chi connectivity index (χ2n) is 7.12. The number of hydrogen-bond donors (Lipinski definition) is 2. The number of rotatable bonds is 4. The minimum absolute atomic E-state index is 0.0658. The highest BCUT2D eigenvalue weighted by molar-refractivity contribution is 7.09. The summed E-state index contributed by atoms with van der Waals surface area (Å²) in [6, 6.07) is 0. The largest absolute Gasteiger partial charge is 0.350 e. The first-order chi connectivity index (χ1) is 9.90. The molecule has 1 heterocycles. The molecule has 1 aromatic rings. The zero-order valence-electron chi connectivity index (χ0n) is 13.3. The van der Waals surface area contributed by atoms with Gasteiger partial charge in [-0.2, -0.15) is 0 Å². The monoisotopic (exact) mass is 309 g/mol. The van der Waals surface area contributed by atoms with Gasteiger partial charge in [-0.3, -0.25) is 4.79 Å². The Kier molecular flexibility index (Phi) is 5.38. The van der Waals surface area contributed by atoms with Crippen molar-refractivity contribution in [2.45, 2.75) is 53.0 Å². The quantitative estimate of drug-likeness (QED) is 0.897. The third-order valence-corrected chi connectivity index (χ3v) is 5.45. The predicted molar refractivity (Wildman–Crippen MR) is 87.2 cm³/mol. The van der Waals surface area contributed by atoms with Crippen molar-refractivity contribution in [3.05, 3.63) is 16.1 Å². The number of nitrogens with zero attached hydrogens (tertiary/aromatic N) is 1. The van der Waals surface area contributed by atoms with E-state index in [1.165, 1.54) is 37.0 Å². The van der Waals surface area contributed by atoms with Crippen LogP contribution in [0.15, 0.2) is 5.38 Å². The second-order valence-corrected chi connectivity index (χ2v) is 8.07. The minimum Gasteiger partial charge on any atom is -0.350 e. The molecule has 0 aromatic carbocycles. The molecule has 0 atom stereocenters. The van der Waals surface area contributed by atoms with Gasteiger partial charge in [0.1, 0.15) is 10.7 Å².